The minimum atomic E-state index is -0.881. The van der Waals surface area contributed by atoms with Crippen molar-refractivity contribution < 1.29 is 9.90 Å². The van der Waals surface area contributed by atoms with E-state index in [2.05, 4.69) is 0 Å². The molecule has 2 aromatic carbocycles. The highest BCUT2D eigenvalue weighted by atomic mass is 16.4. The Hall–Kier alpha value is -2.07. The lowest BCUT2D eigenvalue weighted by Crippen LogP contribution is -2.16. The van der Waals surface area contributed by atoms with Gasteiger partial charge in [-0.3, -0.25) is 4.79 Å². The zero-order chi connectivity index (χ0) is 14.0. The number of aliphatic carboxylic acids is 1. The van der Waals surface area contributed by atoms with E-state index in [1.807, 2.05) is 55.4 Å². The molecule has 0 heterocycles. The molecule has 1 atom stereocenters. The van der Waals surface area contributed by atoms with Crippen LogP contribution in [0.4, 0.5) is 5.69 Å². The average Bonchev–Trinajstić information content (AvgIpc) is 2.36. The second kappa shape index (κ2) is 5.28. The standard InChI is InChI=1S/C15H18N2O2/c1-17(2)14-8-7-11(13(16)9-15(18)19)10-5-3-4-6-12(10)14/h3-8,13H,9,16H2,1-2H3,(H,18,19)/t13-/m0/s1. The third kappa shape index (κ3) is 2.69. The minimum Gasteiger partial charge on any atom is -0.481 e. The van der Waals surface area contributed by atoms with Crippen molar-refractivity contribution >= 4 is 22.4 Å². The average molecular weight is 258 g/mol. The van der Waals surface area contributed by atoms with Gasteiger partial charge in [-0.1, -0.05) is 30.3 Å². The highest BCUT2D eigenvalue weighted by Gasteiger charge is 2.15. The number of hydrogen-bond donors (Lipinski definition) is 2. The predicted octanol–water partition coefficient (Wildman–Crippen LogP) is 2.38. The number of hydrogen-bond acceptors (Lipinski definition) is 3. The number of fused-ring (bicyclic) bond motifs is 1. The molecule has 0 fully saturated rings. The number of carboxylic acid groups (broad SMARTS) is 1. The first-order valence-electron chi connectivity index (χ1n) is 6.17. The summed E-state index contributed by atoms with van der Waals surface area (Å²) in [6, 6.07) is 11.4. The fourth-order valence-electron chi connectivity index (χ4n) is 2.32. The maximum absolute atomic E-state index is 10.8. The molecule has 19 heavy (non-hydrogen) atoms. The Morgan fingerprint density at radius 2 is 1.84 bits per heavy atom. The Bertz CT molecular complexity index is 608. The molecule has 0 amide bonds. The summed E-state index contributed by atoms with van der Waals surface area (Å²) in [6.45, 7) is 0. The Labute approximate surface area is 112 Å². The van der Waals surface area contributed by atoms with Crippen molar-refractivity contribution in [2.75, 3.05) is 19.0 Å². The largest absolute Gasteiger partial charge is 0.481 e. The molecule has 2 aromatic rings. The first-order valence-corrected chi connectivity index (χ1v) is 6.17. The number of carbonyl (C=O) groups is 1. The first kappa shape index (κ1) is 13.4. The lowest BCUT2D eigenvalue weighted by atomic mass is 9.96. The van der Waals surface area contributed by atoms with Crippen LogP contribution in [0, 0.1) is 0 Å². The molecule has 0 unspecified atom stereocenters. The van der Waals surface area contributed by atoms with E-state index < -0.39 is 12.0 Å². The van der Waals surface area contributed by atoms with Crippen molar-refractivity contribution in [2.45, 2.75) is 12.5 Å². The van der Waals surface area contributed by atoms with Gasteiger partial charge in [0.1, 0.15) is 0 Å². The van der Waals surface area contributed by atoms with Crippen LogP contribution in [0.3, 0.4) is 0 Å². The molecule has 0 spiro atoms. The summed E-state index contributed by atoms with van der Waals surface area (Å²) in [5.41, 5.74) is 7.97. The Balaban J connectivity index is 2.58. The van der Waals surface area contributed by atoms with Crippen LogP contribution in [0.1, 0.15) is 18.0 Å². The van der Waals surface area contributed by atoms with Gasteiger partial charge in [0, 0.05) is 31.2 Å². The molecule has 0 aliphatic rings. The minimum absolute atomic E-state index is 0.0642. The Morgan fingerprint density at radius 1 is 1.21 bits per heavy atom. The maximum Gasteiger partial charge on any atom is 0.305 e. The van der Waals surface area contributed by atoms with Crippen LogP contribution in [0.2, 0.25) is 0 Å². The van der Waals surface area contributed by atoms with Gasteiger partial charge >= 0.3 is 5.97 Å². The highest BCUT2D eigenvalue weighted by Crippen LogP contribution is 2.31. The number of nitrogens with zero attached hydrogens (tertiary/aromatic N) is 1. The smallest absolute Gasteiger partial charge is 0.305 e. The molecule has 2 rings (SSSR count). The van der Waals surface area contributed by atoms with E-state index in [1.54, 1.807) is 0 Å². The van der Waals surface area contributed by atoms with Crippen LogP contribution in [0.5, 0.6) is 0 Å². The molecular weight excluding hydrogens is 240 g/mol. The maximum atomic E-state index is 10.8. The summed E-state index contributed by atoms with van der Waals surface area (Å²) in [4.78, 5) is 12.8. The van der Waals surface area contributed by atoms with Gasteiger partial charge in [-0.05, 0) is 17.0 Å². The summed E-state index contributed by atoms with van der Waals surface area (Å²) in [7, 11) is 3.97. The lowest BCUT2D eigenvalue weighted by Gasteiger charge is -2.19. The van der Waals surface area contributed by atoms with Crippen molar-refractivity contribution in [1.29, 1.82) is 0 Å². The van der Waals surface area contributed by atoms with Crippen molar-refractivity contribution in [2.24, 2.45) is 5.73 Å². The summed E-state index contributed by atoms with van der Waals surface area (Å²) in [6.07, 6.45) is -0.0642. The van der Waals surface area contributed by atoms with Crippen LogP contribution in [0.25, 0.3) is 10.8 Å². The van der Waals surface area contributed by atoms with Gasteiger partial charge in [0.25, 0.3) is 0 Å². The van der Waals surface area contributed by atoms with E-state index >= 15 is 0 Å². The van der Waals surface area contributed by atoms with Crippen molar-refractivity contribution in [3.05, 3.63) is 42.0 Å². The van der Waals surface area contributed by atoms with Gasteiger partial charge in [0.05, 0.1) is 6.42 Å². The van der Waals surface area contributed by atoms with Gasteiger partial charge in [-0.25, -0.2) is 0 Å². The predicted molar refractivity (Wildman–Crippen MR) is 77.5 cm³/mol. The summed E-state index contributed by atoms with van der Waals surface area (Å²) in [5.74, 6) is -0.881. The second-order valence-electron chi connectivity index (χ2n) is 4.82. The topological polar surface area (TPSA) is 66.6 Å². The van der Waals surface area contributed by atoms with Crippen LogP contribution in [-0.4, -0.2) is 25.2 Å². The quantitative estimate of drug-likeness (QED) is 0.883. The Kier molecular flexibility index (Phi) is 3.71. The fourth-order valence-corrected chi connectivity index (χ4v) is 2.32. The number of carboxylic acids is 1. The van der Waals surface area contributed by atoms with Crippen molar-refractivity contribution in [1.82, 2.24) is 0 Å². The fraction of sp³-hybridized carbons (Fsp3) is 0.267. The molecule has 0 aliphatic heterocycles. The third-order valence-corrected chi connectivity index (χ3v) is 3.21. The van der Waals surface area contributed by atoms with E-state index in [-0.39, 0.29) is 6.42 Å². The third-order valence-electron chi connectivity index (χ3n) is 3.21. The second-order valence-corrected chi connectivity index (χ2v) is 4.82. The lowest BCUT2D eigenvalue weighted by molar-refractivity contribution is -0.137. The van der Waals surface area contributed by atoms with Crippen LogP contribution in [0.15, 0.2) is 36.4 Å². The van der Waals surface area contributed by atoms with Gasteiger partial charge in [-0.15, -0.1) is 0 Å². The van der Waals surface area contributed by atoms with Crippen LogP contribution < -0.4 is 10.6 Å². The van der Waals surface area contributed by atoms with Crippen LogP contribution in [-0.2, 0) is 4.79 Å². The van der Waals surface area contributed by atoms with E-state index in [9.17, 15) is 4.79 Å². The van der Waals surface area contributed by atoms with E-state index in [0.29, 0.717) is 0 Å². The number of rotatable bonds is 4. The molecule has 4 nitrogen and oxygen atoms in total. The van der Waals surface area contributed by atoms with E-state index in [1.165, 1.54) is 0 Å². The van der Waals surface area contributed by atoms with Crippen LogP contribution >= 0.6 is 0 Å². The Morgan fingerprint density at radius 3 is 2.42 bits per heavy atom. The zero-order valence-electron chi connectivity index (χ0n) is 11.1. The summed E-state index contributed by atoms with van der Waals surface area (Å²) >= 11 is 0. The SMILES string of the molecule is CN(C)c1ccc([C@@H](N)CC(=O)O)c2ccccc12. The van der Waals surface area contributed by atoms with Crippen molar-refractivity contribution in [3.8, 4) is 0 Å². The van der Waals surface area contributed by atoms with Gasteiger partial charge in [0.2, 0.25) is 0 Å². The van der Waals surface area contributed by atoms with Gasteiger partial charge < -0.3 is 15.7 Å². The summed E-state index contributed by atoms with van der Waals surface area (Å²) in [5, 5.41) is 11.0. The molecule has 0 saturated heterocycles. The molecule has 0 aliphatic carbocycles. The number of anilines is 1. The van der Waals surface area contributed by atoms with Crippen molar-refractivity contribution in [3.63, 3.8) is 0 Å². The number of nitrogens with two attached hydrogens (primary N) is 1. The molecule has 3 N–H and O–H groups in total. The van der Waals surface area contributed by atoms with Gasteiger partial charge in [-0.2, -0.15) is 0 Å². The first-order chi connectivity index (χ1) is 9.00. The number of benzene rings is 2. The zero-order valence-corrected chi connectivity index (χ0v) is 11.1. The molecule has 0 radical (unpaired) electrons. The van der Waals surface area contributed by atoms with E-state index in [0.717, 1.165) is 22.0 Å². The normalized spacial score (nSPS) is 12.4. The van der Waals surface area contributed by atoms with Gasteiger partial charge in [0.15, 0.2) is 0 Å². The molecule has 0 aromatic heterocycles. The monoisotopic (exact) mass is 258 g/mol. The highest BCUT2D eigenvalue weighted by molar-refractivity contribution is 5.96. The summed E-state index contributed by atoms with van der Waals surface area (Å²) < 4.78 is 0. The van der Waals surface area contributed by atoms with E-state index in [4.69, 9.17) is 10.8 Å². The molecule has 100 valence electrons. The molecular formula is C15H18N2O2. The molecule has 4 heteroatoms. The molecule has 0 saturated carbocycles. The molecule has 0 bridgehead atoms.